The Labute approximate surface area is 136 Å². The Balaban J connectivity index is 1.76. The predicted octanol–water partition coefficient (Wildman–Crippen LogP) is 3.76. The van der Waals surface area contributed by atoms with Crippen molar-refractivity contribution >= 4 is 39.7 Å². The first-order valence-corrected chi connectivity index (χ1v) is 8.69. The van der Waals surface area contributed by atoms with E-state index in [4.69, 9.17) is 11.6 Å². The molecule has 7 heteroatoms. The second-order valence-electron chi connectivity index (χ2n) is 4.88. The lowest BCUT2D eigenvalue weighted by molar-refractivity contribution is 0.437. The number of hydrogen-bond donors (Lipinski definition) is 0. The lowest BCUT2D eigenvalue weighted by Crippen LogP contribution is -2.14. The Kier molecular flexibility index (Phi) is 4.49. The number of halogens is 1. The van der Waals surface area contributed by atoms with Crippen molar-refractivity contribution in [2.75, 3.05) is 26.4 Å². The van der Waals surface area contributed by atoms with Gasteiger partial charge in [0, 0.05) is 22.9 Å². The van der Waals surface area contributed by atoms with Gasteiger partial charge in [-0.15, -0.1) is 5.10 Å². The van der Waals surface area contributed by atoms with Gasteiger partial charge in [-0.2, -0.15) is 0 Å². The molecule has 0 saturated carbocycles. The molecule has 0 N–H and O–H groups in total. The molecule has 0 spiro atoms. The lowest BCUT2D eigenvalue weighted by Gasteiger charge is -2.06. The summed E-state index contributed by atoms with van der Waals surface area (Å²) in [7, 11) is 4.15. The van der Waals surface area contributed by atoms with Gasteiger partial charge in [0.1, 0.15) is 0 Å². The minimum atomic E-state index is 0.734. The molecule has 0 fully saturated rings. The highest BCUT2D eigenvalue weighted by Gasteiger charge is 2.10. The van der Waals surface area contributed by atoms with E-state index in [9.17, 15) is 0 Å². The minimum Gasteiger partial charge on any atom is -0.309 e. The van der Waals surface area contributed by atoms with Gasteiger partial charge < -0.3 is 4.90 Å². The highest BCUT2D eigenvalue weighted by molar-refractivity contribution is 8.01. The molecule has 0 amide bonds. The normalized spacial score (nSPS) is 11.6. The highest BCUT2D eigenvalue weighted by Crippen LogP contribution is 2.27. The predicted molar refractivity (Wildman–Crippen MR) is 90.6 cm³/mol. The summed E-state index contributed by atoms with van der Waals surface area (Å²) in [4.78, 5) is 7.72. The minimum absolute atomic E-state index is 0.734. The molecule has 0 unspecified atom stereocenters. The van der Waals surface area contributed by atoms with Crippen LogP contribution in [0.5, 0.6) is 0 Å². The molecule has 0 aliphatic carbocycles. The second kappa shape index (κ2) is 6.36. The molecule has 2 aromatic heterocycles. The van der Waals surface area contributed by atoms with E-state index in [-0.39, 0.29) is 0 Å². The zero-order valence-corrected chi connectivity index (χ0v) is 14.2. The number of thioether (sulfide) groups is 1. The standard InChI is InChI=1S/C14H15ClN4S2/c1-18(2)7-8-20-14-17-19-9-12(16-13(19)21-14)10-3-5-11(15)6-4-10/h3-6,9H,7-8H2,1-2H3. The monoisotopic (exact) mass is 338 g/mol. The van der Waals surface area contributed by atoms with Crippen LogP contribution in [0.3, 0.4) is 0 Å². The van der Waals surface area contributed by atoms with E-state index in [1.165, 1.54) is 0 Å². The van der Waals surface area contributed by atoms with E-state index in [0.29, 0.717) is 0 Å². The van der Waals surface area contributed by atoms with Gasteiger partial charge in [0.15, 0.2) is 4.34 Å². The maximum atomic E-state index is 5.91. The van der Waals surface area contributed by atoms with Crippen molar-refractivity contribution in [3.63, 3.8) is 0 Å². The highest BCUT2D eigenvalue weighted by atomic mass is 35.5. The molecule has 110 valence electrons. The number of nitrogens with zero attached hydrogens (tertiary/aromatic N) is 4. The third-order valence-corrected chi connectivity index (χ3v) is 5.22. The van der Waals surface area contributed by atoms with Crippen molar-refractivity contribution in [2.45, 2.75) is 4.34 Å². The van der Waals surface area contributed by atoms with E-state index in [1.54, 1.807) is 23.1 Å². The van der Waals surface area contributed by atoms with E-state index in [1.807, 2.05) is 35.0 Å². The van der Waals surface area contributed by atoms with Crippen LogP contribution in [0.1, 0.15) is 0 Å². The van der Waals surface area contributed by atoms with Crippen molar-refractivity contribution in [1.82, 2.24) is 19.5 Å². The molecule has 0 aliphatic heterocycles. The molecule has 2 heterocycles. The van der Waals surface area contributed by atoms with Gasteiger partial charge in [-0.1, -0.05) is 46.8 Å². The largest absolute Gasteiger partial charge is 0.309 e. The van der Waals surface area contributed by atoms with E-state index in [0.717, 1.165) is 37.9 Å². The van der Waals surface area contributed by atoms with Gasteiger partial charge in [0.05, 0.1) is 11.9 Å². The van der Waals surface area contributed by atoms with Crippen LogP contribution in [0.2, 0.25) is 5.02 Å². The SMILES string of the molecule is CN(C)CCSc1nn2cc(-c3ccc(Cl)cc3)nc2s1. The van der Waals surface area contributed by atoms with Gasteiger partial charge in [0.25, 0.3) is 0 Å². The van der Waals surface area contributed by atoms with Gasteiger partial charge in [-0.25, -0.2) is 9.50 Å². The zero-order chi connectivity index (χ0) is 14.8. The van der Waals surface area contributed by atoms with E-state index in [2.05, 4.69) is 29.1 Å². The molecule has 0 radical (unpaired) electrons. The molecule has 0 aliphatic rings. The molecule has 21 heavy (non-hydrogen) atoms. The fraction of sp³-hybridized carbons (Fsp3) is 0.286. The number of benzene rings is 1. The Morgan fingerprint density at radius 1 is 1.29 bits per heavy atom. The third kappa shape index (κ3) is 3.58. The molecule has 0 bridgehead atoms. The summed E-state index contributed by atoms with van der Waals surface area (Å²) in [6, 6.07) is 7.70. The number of fused-ring (bicyclic) bond motifs is 1. The molecule has 0 atom stereocenters. The summed E-state index contributed by atoms with van der Waals surface area (Å²) in [5, 5.41) is 5.30. The molecule has 3 rings (SSSR count). The molecular formula is C14H15ClN4S2. The van der Waals surface area contributed by atoms with Crippen molar-refractivity contribution < 1.29 is 0 Å². The van der Waals surface area contributed by atoms with Crippen LogP contribution in [0, 0.1) is 0 Å². The van der Waals surface area contributed by atoms with Crippen LogP contribution in [0.25, 0.3) is 16.2 Å². The first-order chi connectivity index (χ1) is 10.1. The van der Waals surface area contributed by atoms with E-state index >= 15 is 0 Å². The van der Waals surface area contributed by atoms with E-state index < -0.39 is 0 Å². The summed E-state index contributed by atoms with van der Waals surface area (Å²) in [5.41, 5.74) is 1.98. The fourth-order valence-corrected chi connectivity index (χ4v) is 4.04. The number of rotatable bonds is 5. The van der Waals surface area contributed by atoms with Crippen LogP contribution in [-0.2, 0) is 0 Å². The molecular weight excluding hydrogens is 324 g/mol. The maximum absolute atomic E-state index is 5.91. The van der Waals surface area contributed by atoms with Crippen LogP contribution < -0.4 is 0 Å². The number of hydrogen-bond acceptors (Lipinski definition) is 5. The molecule has 4 nitrogen and oxygen atoms in total. The van der Waals surface area contributed by atoms with Crippen molar-refractivity contribution in [2.24, 2.45) is 0 Å². The van der Waals surface area contributed by atoms with Crippen molar-refractivity contribution in [1.29, 1.82) is 0 Å². The van der Waals surface area contributed by atoms with Crippen LogP contribution in [0.4, 0.5) is 0 Å². The first kappa shape index (κ1) is 14.8. The average Bonchev–Trinajstić information content (AvgIpc) is 2.97. The summed E-state index contributed by atoms with van der Waals surface area (Å²) in [6.45, 7) is 1.04. The smallest absolute Gasteiger partial charge is 0.213 e. The van der Waals surface area contributed by atoms with Gasteiger partial charge >= 0.3 is 0 Å². The summed E-state index contributed by atoms with van der Waals surface area (Å²) < 4.78 is 2.91. The maximum Gasteiger partial charge on any atom is 0.213 e. The topological polar surface area (TPSA) is 33.4 Å². The first-order valence-electron chi connectivity index (χ1n) is 6.51. The quantitative estimate of drug-likeness (QED) is 0.663. The van der Waals surface area contributed by atoms with Crippen molar-refractivity contribution in [3.8, 4) is 11.3 Å². The number of imidazole rings is 1. The Hall–Kier alpha value is -1.08. The molecule has 3 aromatic rings. The van der Waals surface area contributed by atoms with Gasteiger partial charge in [-0.3, -0.25) is 0 Å². The summed E-state index contributed by atoms with van der Waals surface area (Å²) in [5.74, 6) is 1.04. The third-order valence-electron chi connectivity index (χ3n) is 2.93. The number of aromatic nitrogens is 3. The Morgan fingerprint density at radius 3 is 2.71 bits per heavy atom. The zero-order valence-electron chi connectivity index (χ0n) is 11.8. The molecule has 0 saturated heterocycles. The summed E-state index contributed by atoms with van der Waals surface area (Å²) in [6.07, 6.45) is 1.96. The second-order valence-corrected chi connectivity index (χ2v) is 7.61. The van der Waals surface area contributed by atoms with Crippen LogP contribution in [0.15, 0.2) is 34.8 Å². The Bertz CT molecular complexity index is 702. The van der Waals surface area contributed by atoms with Crippen LogP contribution in [-0.4, -0.2) is 45.9 Å². The fourth-order valence-electron chi connectivity index (χ4n) is 1.82. The van der Waals surface area contributed by atoms with Crippen LogP contribution >= 0.6 is 34.7 Å². The lowest BCUT2D eigenvalue weighted by atomic mass is 10.2. The van der Waals surface area contributed by atoms with Gasteiger partial charge in [0.2, 0.25) is 4.96 Å². The Morgan fingerprint density at radius 2 is 2.05 bits per heavy atom. The average molecular weight is 339 g/mol. The van der Waals surface area contributed by atoms with Crippen molar-refractivity contribution in [3.05, 3.63) is 35.5 Å². The van der Waals surface area contributed by atoms with Gasteiger partial charge in [-0.05, 0) is 26.2 Å². The molecule has 1 aromatic carbocycles. The summed E-state index contributed by atoms with van der Waals surface area (Å²) >= 11 is 9.30.